The smallest absolute Gasteiger partial charge is 0.335 e. The summed E-state index contributed by atoms with van der Waals surface area (Å²) in [5, 5.41) is 11.1. The van der Waals surface area contributed by atoms with Crippen molar-refractivity contribution in [2.45, 2.75) is 6.54 Å². The largest absolute Gasteiger partial charge is 0.478 e. The van der Waals surface area contributed by atoms with Crippen molar-refractivity contribution in [2.75, 3.05) is 0 Å². The minimum atomic E-state index is -1.06. The zero-order valence-corrected chi connectivity index (χ0v) is 10.8. The van der Waals surface area contributed by atoms with E-state index in [9.17, 15) is 18.4 Å². The number of benzene rings is 2. The highest BCUT2D eigenvalue weighted by molar-refractivity contribution is 5.94. The summed E-state index contributed by atoms with van der Waals surface area (Å²) >= 11 is 0. The number of hydrogen-bond acceptors (Lipinski definition) is 2. The van der Waals surface area contributed by atoms with Gasteiger partial charge in [-0.2, -0.15) is 0 Å². The minimum Gasteiger partial charge on any atom is -0.478 e. The maximum absolute atomic E-state index is 13.4. The molecule has 0 aromatic heterocycles. The lowest BCUT2D eigenvalue weighted by atomic mass is 10.1. The van der Waals surface area contributed by atoms with Gasteiger partial charge in [0, 0.05) is 6.54 Å². The standard InChI is InChI=1S/C15H11F2NO3/c16-11-2-1-3-12(17)13(11)14(19)18-8-9-4-6-10(7-5-9)15(20)21/h1-7H,8H2,(H,18,19)(H,20,21). The summed E-state index contributed by atoms with van der Waals surface area (Å²) in [5.74, 6) is -3.80. The first-order chi connectivity index (χ1) is 9.99. The van der Waals surface area contributed by atoms with E-state index in [2.05, 4.69) is 5.32 Å². The van der Waals surface area contributed by atoms with Crippen molar-refractivity contribution in [3.05, 3.63) is 70.8 Å². The maximum atomic E-state index is 13.4. The maximum Gasteiger partial charge on any atom is 0.335 e. The van der Waals surface area contributed by atoms with Crippen LogP contribution in [0.15, 0.2) is 42.5 Å². The molecule has 2 aromatic carbocycles. The van der Waals surface area contributed by atoms with Crippen LogP contribution in [0.1, 0.15) is 26.3 Å². The van der Waals surface area contributed by atoms with Gasteiger partial charge in [-0.15, -0.1) is 0 Å². The van der Waals surface area contributed by atoms with E-state index in [-0.39, 0.29) is 12.1 Å². The second kappa shape index (κ2) is 6.13. The molecule has 0 saturated heterocycles. The molecule has 0 unspecified atom stereocenters. The molecule has 0 aliphatic rings. The highest BCUT2D eigenvalue weighted by Crippen LogP contribution is 2.12. The molecule has 6 heteroatoms. The molecular weight excluding hydrogens is 280 g/mol. The number of halogens is 2. The van der Waals surface area contributed by atoms with Gasteiger partial charge < -0.3 is 10.4 Å². The third-order valence-corrected chi connectivity index (χ3v) is 2.84. The Labute approximate surface area is 119 Å². The molecule has 0 aliphatic carbocycles. The number of rotatable bonds is 4. The van der Waals surface area contributed by atoms with E-state index in [1.807, 2.05) is 0 Å². The van der Waals surface area contributed by atoms with E-state index in [1.54, 1.807) is 0 Å². The van der Waals surface area contributed by atoms with Crippen molar-refractivity contribution >= 4 is 11.9 Å². The first-order valence-corrected chi connectivity index (χ1v) is 6.03. The normalized spacial score (nSPS) is 10.2. The summed E-state index contributed by atoms with van der Waals surface area (Å²) in [6.07, 6.45) is 0. The lowest BCUT2D eigenvalue weighted by Crippen LogP contribution is -2.25. The Morgan fingerprint density at radius 1 is 1.00 bits per heavy atom. The lowest BCUT2D eigenvalue weighted by Gasteiger charge is -2.07. The van der Waals surface area contributed by atoms with Gasteiger partial charge in [0.2, 0.25) is 0 Å². The van der Waals surface area contributed by atoms with Crippen LogP contribution in [0.25, 0.3) is 0 Å². The topological polar surface area (TPSA) is 66.4 Å². The van der Waals surface area contributed by atoms with E-state index in [1.165, 1.54) is 30.3 Å². The highest BCUT2D eigenvalue weighted by Gasteiger charge is 2.16. The molecule has 0 aliphatic heterocycles. The highest BCUT2D eigenvalue weighted by atomic mass is 19.1. The Morgan fingerprint density at radius 2 is 1.57 bits per heavy atom. The molecule has 0 bridgehead atoms. The minimum absolute atomic E-state index is 0.0342. The van der Waals surface area contributed by atoms with Gasteiger partial charge in [-0.1, -0.05) is 18.2 Å². The van der Waals surface area contributed by atoms with Crippen molar-refractivity contribution < 1.29 is 23.5 Å². The monoisotopic (exact) mass is 291 g/mol. The van der Waals surface area contributed by atoms with Gasteiger partial charge in [-0.25, -0.2) is 13.6 Å². The molecule has 0 radical (unpaired) electrons. The van der Waals surface area contributed by atoms with E-state index < -0.39 is 29.1 Å². The van der Waals surface area contributed by atoms with Crippen LogP contribution in [0.4, 0.5) is 8.78 Å². The molecule has 21 heavy (non-hydrogen) atoms. The fourth-order valence-corrected chi connectivity index (χ4v) is 1.75. The molecule has 2 aromatic rings. The van der Waals surface area contributed by atoms with Crippen LogP contribution in [0.3, 0.4) is 0 Å². The van der Waals surface area contributed by atoms with E-state index in [4.69, 9.17) is 5.11 Å². The van der Waals surface area contributed by atoms with E-state index in [0.29, 0.717) is 5.56 Å². The molecule has 1 amide bonds. The van der Waals surface area contributed by atoms with Crippen LogP contribution in [-0.2, 0) is 6.54 Å². The third kappa shape index (κ3) is 3.42. The molecule has 0 fully saturated rings. The molecule has 0 saturated carbocycles. The van der Waals surface area contributed by atoms with Gasteiger partial charge in [0.05, 0.1) is 5.56 Å². The lowest BCUT2D eigenvalue weighted by molar-refractivity contribution is 0.0696. The van der Waals surface area contributed by atoms with Gasteiger partial charge in [-0.05, 0) is 29.8 Å². The van der Waals surface area contributed by atoms with E-state index >= 15 is 0 Å². The van der Waals surface area contributed by atoms with Gasteiger partial charge in [0.15, 0.2) is 0 Å². The van der Waals surface area contributed by atoms with Gasteiger partial charge in [0.1, 0.15) is 17.2 Å². The van der Waals surface area contributed by atoms with Crippen LogP contribution in [-0.4, -0.2) is 17.0 Å². The third-order valence-electron chi connectivity index (χ3n) is 2.84. The average molecular weight is 291 g/mol. The van der Waals surface area contributed by atoms with Crippen molar-refractivity contribution in [3.8, 4) is 0 Å². The summed E-state index contributed by atoms with van der Waals surface area (Å²) in [6.45, 7) is 0.0342. The summed E-state index contributed by atoms with van der Waals surface area (Å²) in [7, 11) is 0. The van der Waals surface area contributed by atoms with Crippen LogP contribution in [0.5, 0.6) is 0 Å². The summed E-state index contributed by atoms with van der Waals surface area (Å²) in [4.78, 5) is 22.4. The van der Waals surface area contributed by atoms with Gasteiger partial charge in [0.25, 0.3) is 5.91 Å². The average Bonchev–Trinajstić information content (AvgIpc) is 2.45. The van der Waals surface area contributed by atoms with Crippen molar-refractivity contribution in [2.24, 2.45) is 0 Å². The molecule has 0 spiro atoms. The Kier molecular flexibility index (Phi) is 4.27. The molecule has 2 rings (SSSR count). The van der Waals surface area contributed by atoms with Gasteiger partial charge >= 0.3 is 5.97 Å². The SMILES string of the molecule is O=C(O)c1ccc(CNC(=O)c2c(F)cccc2F)cc1. The van der Waals surface area contributed by atoms with E-state index in [0.717, 1.165) is 12.1 Å². The number of aromatic carboxylic acids is 1. The number of carboxylic acid groups (broad SMARTS) is 1. The summed E-state index contributed by atoms with van der Waals surface area (Å²) < 4.78 is 26.8. The Morgan fingerprint density at radius 3 is 2.10 bits per heavy atom. The summed E-state index contributed by atoms with van der Waals surface area (Å²) in [5.41, 5.74) is 0.0926. The van der Waals surface area contributed by atoms with Crippen molar-refractivity contribution in [3.63, 3.8) is 0 Å². The number of amides is 1. The molecule has 108 valence electrons. The number of nitrogens with one attached hydrogen (secondary N) is 1. The zero-order valence-electron chi connectivity index (χ0n) is 10.8. The molecule has 0 heterocycles. The molecule has 2 N–H and O–H groups in total. The Bertz CT molecular complexity index is 664. The van der Waals surface area contributed by atoms with Crippen LogP contribution < -0.4 is 5.32 Å². The first-order valence-electron chi connectivity index (χ1n) is 6.03. The predicted octanol–water partition coefficient (Wildman–Crippen LogP) is 2.59. The summed E-state index contributed by atoms with van der Waals surface area (Å²) in [6, 6.07) is 8.97. The second-order valence-electron chi connectivity index (χ2n) is 4.28. The first kappa shape index (κ1) is 14.6. The molecular formula is C15H11F2NO3. The predicted molar refractivity (Wildman–Crippen MR) is 70.9 cm³/mol. The number of carbonyl (C=O) groups is 2. The number of carboxylic acids is 1. The number of carbonyl (C=O) groups excluding carboxylic acids is 1. The molecule has 4 nitrogen and oxygen atoms in total. The fraction of sp³-hybridized carbons (Fsp3) is 0.0667. The van der Waals surface area contributed by atoms with Crippen LogP contribution in [0, 0.1) is 11.6 Å². The molecule has 0 atom stereocenters. The Hall–Kier alpha value is -2.76. The zero-order chi connectivity index (χ0) is 15.4. The van der Waals surface area contributed by atoms with Crippen LogP contribution >= 0.6 is 0 Å². The van der Waals surface area contributed by atoms with Crippen LogP contribution in [0.2, 0.25) is 0 Å². The fourth-order valence-electron chi connectivity index (χ4n) is 1.75. The Balaban J connectivity index is 2.06. The quantitative estimate of drug-likeness (QED) is 0.910. The van der Waals surface area contributed by atoms with Crippen molar-refractivity contribution in [1.29, 1.82) is 0 Å². The second-order valence-corrected chi connectivity index (χ2v) is 4.28. The van der Waals surface area contributed by atoms with Gasteiger partial charge in [-0.3, -0.25) is 4.79 Å². The number of hydrogen-bond donors (Lipinski definition) is 2. The van der Waals surface area contributed by atoms with Crippen molar-refractivity contribution in [1.82, 2.24) is 5.32 Å².